The van der Waals surface area contributed by atoms with E-state index in [1.54, 1.807) is 6.20 Å². The molecule has 0 bridgehead atoms. The van der Waals surface area contributed by atoms with Gasteiger partial charge in [-0.3, -0.25) is 9.59 Å². The molecular formula is C25H31N3O2S. The number of hydrogen-bond donors (Lipinski definition) is 2. The van der Waals surface area contributed by atoms with Crippen LogP contribution in [0.3, 0.4) is 0 Å². The molecule has 2 fully saturated rings. The predicted octanol–water partition coefficient (Wildman–Crippen LogP) is 5.10. The van der Waals surface area contributed by atoms with Crippen LogP contribution in [-0.2, 0) is 16.0 Å². The average Bonchev–Trinajstić information content (AvgIpc) is 3.26. The zero-order chi connectivity index (χ0) is 21.8. The first kappa shape index (κ1) is 20.7. The number of amides is 1. The Hall–Kier alpha value is -2.21. The maximum atomic E-state index is 13.1. The van der Waals surface area contributed by atoms with E-state index in [1.807, 2.05) is 13.0 Å². The van der Waals surface area contributed by atoms with Crippen LogP contribution in [0, 0.1) is 30.1 Å². The SMILES string of the molecule is Cc1cnc(NC(=O)CC[C@@H]2CC(=O)[C@@]3(C)CCC4c5cc(N)ccc5CCC4C23)s1. The van der Waals surface area contributed by atoms with Gasteiger partial charge in [0.1, 0.15) is 5.78 Å². The molecule has 3 aliphatic rings. The van der Waals surface area contributed by atoms with Crippen LogP contribution < -0.4 is 11.1 Å². The highest BCUT2D eigenvalue weighted by Gasteiger charge is 2.58. The number of aryl methyl sites for hydroxylation is 2. The number of nitrogen functional groups attached to an aromatic ring is 1. The molecule has 3 N–H and O–H groups in total. The van der Waals surface area contributed by atoms with Crippen molar-refractivity contribution in [1.82, 2.24) is 4.98 Å². The number of carbonyl (C=O) groups excluding carboxylic acids is 2. The highest BCUT2D eigenvalue weighted by Crippen LogP contribution is 2.62. The number of benzene rings is 1. The highest BCUT2D eigenvalue weighted by atomic mass is 32.1. The largest absolute Gasteiger partial charge is 0.399 e. The molecule has 1 aromatic heterocycles. The van der Waals surface area contributed by atoms with E-state index in [9.17, 15) is 9.59 Å². The second-order valence-electron chi connectivity index (χ2n) is 10.00. The number of rotatable bonds is 4. The Labute approximate surface area is 187 Å². The van der Waals surface area contributed by atoms with E-state index in [2.05, 4.69) is 29.4 Å². The van der Waals surface area contributed by atoms with E-state index < -0.39 is 0 Å². The van der Waals surface area contributed by atoms with Crippen LogP contribution in [0.25, 0.3) is 0 Å². The third-order valence-corrected chi connectivity index (χ3v) is 9.04. The molecule has 0 spiro atoms. The number of hydrogen-bond acceptors (Lipinski definition) is 5. The van der Waals surface area contributed by atoms with Crippen LogP contribution in [0.5, 0.6) is 0 Å². The molecule has 3 unspecified atom stereocenters. The molecule has 1 heterocycles. The minimum atomic E-state index is -0.230. The summed E-state index contributed by atoms with van der Waals surface area (Å²) in [6, 6.07) is 6.37. The van der Waals surface area contributed by atoms with Crippen molar-refractivity contribution in [3.8, 4) is 0 Å². The molecule has 5 rings (SSSR count). The summed E-state index contributed by atoms with van der Waals surface area (Å²) < 4.78 is 0. The van der Waals surface area contributed by atoms with Crippen molar-refractivity contribution >= 4 is 33.8 Å². The number of thiazole rings is 1. The molecule has 2 aromatic rings. The molecule has 0 radical (unpaired) electrons. The topological polar surface area (TPSA) is 85.1 Å². The monoisotopic (exact) mass is 437 g/mol. The van der Waals surface area contributed by atoms with Gasteiger partial charge in [0.25, 0.3) is 0 Å². The van der Waals surface area contributed by atoms with Gasteiger partial charge in [-0.05, 0) is 86.0 Å². The van der Waals surface area contributed by atoms with E-state index in [-0.39, 0.29) is 17.2 Å². The molecule has 5 nitrogen and oxygen atoms in total. The Morgan fingerprint density at radius 1 is 1.35 bits per heavy atom. The summed E-state index contributed by atoms with van der Waals surface area (Å²) >= 11 is 1.49. The van der Waals surface area contributed by atoms with Gasteiger partial charge in [0.2, 0.25) is 5.91 Å². The average molecular weight is 438 g/mol. The molecule has 2 saturated carbocycles. The molecule has 1 amide bonds. The van der Waals surface area contributed by atoms with Crippen LogP contribution in [0.4, 0.5) is 10.8 Å². The highest BCUT2D eigenvalue weighted by molar-refractivity contribution is 7.15. The summed E-state index contributed by atoms with van der Waals surface area (Å²) in [5, 5.41) is 3.59. The summed E-state index contributed by atoms with van der Waals surface area (Å²) in [6.45, 7) is 4.18. The Morgan fingerprint density at radius 2 is 2.19 bits per heavy atom. The molecule has 1 aromatic carbocycles. The lowest BCUT2D eigenvalue weighted by molar-refractivity contribution is -0.129. The first-order valence-corrected chi connectivity index (χ1v) is 12.3. The number of ketones is 1. The second kappa shape index (κ2) is 7.73. The summed E-state index contributed by atoms with van der Waals surface area (Å²) in [4.78, 5) is 31.0. The van der Waals surface area contributed by atoms with Gasteiger partial charge in [0, 0.05) is 35.0 Å². The molecule has 0 aliphatic heterocycles. The number of anilines is 2. The van der Waals surface area contributed by atoms with E-state index >= 15 is 0 Å². The molecule has 6 heteroatoms. The summed E-state index contributed by atoms with van der Waals surface area (Å²) in [7, 11) is 0. The van der Waals surface area contributed by atoms with Crippen LogP contribution in [-0.4, -0.2) is 16.7 Å². The maximum Gasteiger partial charge on any atom is 0.226 e. The Bertz CT molecular complexity index is 1030. The van der Waals surface area contributed by atoms with Crippen molar-refractivity contribution in [3.63, 3.8) is 0 Å². The zero-order valence-electron chi connectivity index (χ0n) is 18.3. The Kier molecular flexibility index (Phi) is 5.16. The minimum absolute atomic E-state index is 0.00419. The molecule has 0 saturated heterocycles. The minimum Gasteiger partial charge on any atom is -0.399 e. The number of nitrogens with one attached hydrogen (secondary N) is 1. The van der Waals surface area contributed by atoms with Gasteiger partial charge in [0.15, 0.2) is 5.13 Å². The third kappa shape index (κ3) is 3.59. The maximum absolute atomic E-state index is 13.1. The fraction of sp³-hybridized carbons (Fsp3) is 0.560. The van der Waals surface area contributed by atoms with Crippen molar-refractivity contribution < 1.29 is 9.59 Å². The van der Waals surface area contributed by atoms with Crippen molar-refractivity contribution in [2.45, 2.75) is 64.7 Å². The summed E-state index contributed by atoms with van der Waals surface area (Å²) in [6.07, 6.45) is 7.84. The van der Waals surface area contributed by atoms with E-state index in [4.69, 9.17) is 5.73 Å². The van der Waals surface area contributed by atoms with Gasteiger partial charge in [-0.25, -0.2) is 4.98 Å². The Morgan fingerprint density at radius 3 is 2.97 bits per heavy atom. The van der Waals surface area contributed by atoms with Gasteiger partial charge < -0.3 is 11.1 Å². The number of nitrogens with two attached hydrogens (primary N) is 1. The van der Waals surface area contributed by atoms with Crippen LogP contribution in [0.15, 0.2) is 24.4 Å². The van der Waals surface area contributed by atoms with Crippen molar-refractivity contribution in [2.24, 2.45) is 23.2 Å². The number of carbonyl (C=O) groups is 2. The quantitative estimate of drug-likeness (QED) is 0.652. The van der Waals surface area contributed by atoms with Crippen molar-refractivity contribution in [2.75, 3.05) is 11.1 Å². The van der Waals surface area contributed by atoms with Crippen molar-refractivity contribution in [1.29, 1.82) is 0 Å². The molecule has 3 aliphatic carbocycles. The molecule has 164 valence electrons. The lowest BCUT2D eigenvalue weighted by Crippen LogP contribution is -2.44. The molecule has 31 heavy (non-hydrogen) atoms. The van der Waals surface area contributed by atoms with Crippen LogP contribution in [0.1, 0.15) is 67.4 Å². The fourth-order valence-electron chi connectivity index (χ4n) is 6.82. The van der Waals surface area contributed by atoms with Gasteiger partial charge in [-0.15, -0.1) is 11.3 Å². The van der Waals surface area contributed by atoms with Crippen LogP contribution in [0.2, 0.25) is 0 Å². The number of aromatic nitrogens is 1. The molecule has 5 atom stereocenters. The predicted molar refractivity (Wildman–Crippen MR) is 124 cm³/mol. The van der Waals surface area contributed by atoms with E-state index in [0.717, 1.165) is 42.7 Å². The summed E-state index contributed by atoms with van der Waals surface area (Å²) in [5.41, 5.74) is 9.57. The number of nitrogens with zero attached hydrogens (tertiary/aromatic N) is 1. The third-order valence-electron chi connectivity index (χ3n) is 8.21. The lowest BCUT2D eigenvalue weighted by Gasteiger charge is -2.50. The first-order valence-electron chi connectivity index (χ1n) is 11.5. The van der Waals surface area contributed by atoms with Gasteiger partial charge in [-0.1, -0.05) is 13.0 Å². The Balaban J connectivity index is 1.34. The summed E-state index contributed by atoms with van der Waals surface area (Å²) in [5.74, 6) is 2.07. The van der Waals surface area contributed by atoms with Gasteiger partial charge in [-0.2, -0.15) is 0 Å². The number of fused-ring (bicyclic) bond motifs is 5. The lowest BCUT2D eigenvalue weighted by atomic mass is 9.54. The van der Waals surface area contributed by atoms with Gasteiger partial charge in [0.05, 0.1) is 0 Å². The van der Waals surface area contributed by atoms with E-state index in [1.165, 1.54) is 22.5 Å². The fourth-order valence-corrected chi connectivity index (χ4v) is 7.50. The second-order valence-corrected chi connectivity index (χ2v) is 11.2. The zero-order valence-corrected chi connectivity index (χ0v) is 19.1. The van der Waals surface area contributed by atoms with Crippen LogP contribution >= 0.6 is 11.3 Å². The smallest absolute Gasteiger partial charge is 0.226 e. The number of Topliss-reactive ketones (excluding diaryl/α,β-unsaturated/α-hetero) is 1. The first-order chi connectivity index (χ1) is 14.8. The van der Waals surface area contributed by atoms with Crippen molar-refractivity contribution in [3.05, 3.63) is 40.4 Å². The van der Waals surface area contributed by atoms with E-state index in [0.29, 0.717) is 41.5 Å². The normalized spacial score (nSPS) is 31.6. The van der Waals surface area contributed by atoms with Gasteiger partial charge >= 0.3 is 0 Å². The standard InChI is InChI=1S/C25H31N3O2S/c1-14-13-27-24(31-14)28-22(30)8-5-16-11-21(29)25(2)10-9-18-19(23(16)25)7-4-15-3-6-17(26)12-20(15)18/h3,6,12-13,16,18-19,23H,4-5,7-11,26H2,1-2H3,(H,27,28,30)/t16-,18?,19?,23?,25-/m1/s1. The molecular weight excluding hydrogens is 406 g/mol.